The summed E-state index contributed by atoms with van der Waals surface area (Å²) < 4.78 is 10.7. The van der Waals surface area contributed by atoms with E-state index in [1.54, 1.807) is 0 Å². The molecule has 0 bridgehead atoms. The molecular weight excluding hydrogens is 240 g/mol. The lowest BCUT2D eigenvalue weighted by molar-refractivity contribution is 0.174. The van der Waals surface area contributed by atoms with E-state index in [-0.39, 0.29) is 0 Å². The summed E-state index contributed by atoms with van der Waals surface area (Å²) in [4.78, 5) is 0. The molecule has 0 atom stereocenters. The van der Waals surface area contributed by atoms with E-state index < -0.39 is 0 Å². The van der Waals surface area contributed by atoms with Gasteiger partial charge in [-0.1, -0.05) is 19.9 Å². The van der Waals surface area contributed by atoms with Gasteiger partial charge in [-0.15, -0.1) is 0 Å². The highest BCUT2D eigenvalue weighted by atomic mass is 16.7. The zero-order valence-corrected chi connectivity index (χ0v) is 11.9. The first-order valence-corrected chi connectivity index (χ1v) is 7.05. The van der Waals surface area contributed by atoms with Gasteiger partial charge in [0, 0.05) is 6.54 Å². The molecule has 1 heterocycles. The van der Waals surface area contributed by atoms with Gasteiger partial charge in [-0.25, -0.2) is 0 Å². The number of benzene rings is 1. The van der Waals surface area contributed by atoms with Gasteiger partial charge in [0.25, 0.3) is 0 Å². The molecule has 0 unspecified atom stereocenters. The molecule has 0 saturated heterocycles. The highest BCUT2D eigenvalue weighted by Crippen LogP contribution is 2.32. The molecule has 19 heavy (non-hydrogen) atoms. The average Bonchev–Trinajstić information content (AvgIpc) is 2.84. The molecule has 4 nitrogen and oxygen atoms in total. The monoisotopic (exact) mass is 264 g/mol. The van der Waals surface area contributed by atoms with E-state index in [0.717, 1.165) is 50.0 Å². The molecule has 2 rings (SSSR count). The molecule has 1 aromatic carbocycles. The van der Waals surface area contributed by atoms with Crippen molar-refractivity contribution in [2.24, 2.45) is 5.92 Å². The van der Waals surface area contributed by atoms with Crippen molar-refractivity contribution in [3.05, 3.63) is 23.8 Å². The van der Waals surface area contributed by atoms with Crippen LogP contribution < -0.4 is 20.1 Å². The van der Waals surface area contributed by atoms with Crippen molar-refractivity contribution >= 4 is 0 Å². The molecule has 0 saturated carbocycles. The van der Waals surface area contributed by atoms with Gasteiger partial charge in [-0.2, -0.15) is 0 Å². The molecule has 0 aromatic heterocycles. The predicted octanol–water partition coefficient (Wildman–Crippen LogP) is 2.14. The van der Waals surface area contributed by atoms with Crippen LogP contribution in [0.25, 0.3) is 0 Å². The number of ether oxygens (including phenoxy) is 2. The SMILES string of the molecule is CC(C)CNCCCNCc1ccc2c(c1)OCO2. The van der Waals surface area contributed by atoms with Crippen molar-refractivity contribution in [1.82, 2.24) is 10.6 Å². The molecule has 0 spiro atoms. The van der Waals surface area contributed by atoms with Crippen LogP contribution in [0.3, 0.4) is 0 Å². The average molecular weight is 264 g/mol. The summed E-state index contributed by atoms with van der Waals surface area (Å²) in [5.41, 5.74) is 1.24. The third kappa shape index (κ3) is 4.73. The molecule has 4 heteroatoms. The highest BCUT2D eigenvalue weighted by Gasteiger charge is 2.12. The normalized spacial score (nSPS) is 13.2. The summed E-state index contributed by atoms with van der Waals surface area (Å²) in [5, 5.41) is 6.89. The molecule has 0 aliphatic carbocycles. The molecular formula is C15H24N2O2. The maximum absolute atomic E-state index is 5.36. The zero-order chi connectivity index (χ0) is 13.5. The van der Waals surface area contributed by atoms with Gasteiger partial charge in [0.15, 0.2) is 11.5 Å². The predicted molar refractivity (Wildman–Crippen MR) is 76.6 cm³/mol. The fourth-order valence-corrected chi connectivity index (χ4v) is 2.01. The van der Waals surface area contributed by atoms with Gasteiger partial charge in [-0.05, 0) is 49.7 Å². The van der Waals surface area contributed by atoms with Crippen LogP contribution in [-0.4, -0.2) is 26.4 Å². The Hall–Kier alpha value is -1.26. The molecule has 106 valence electrons. The third-order valence-corrected chi connectivity index (χ3v) is 3.03. The smallest absolute Gasteiger partial charge is 0.231 e. The minimum Gasteiger partial charge on any atom is -0.454 e. The summed E-state index contributed by atoms with van der Waals surface area (Å²) >= 11 is 0. The Labute approximate surface area is 115 Å². The quantitative estimate of drug-likeness (QED) is 0.706. The lowest BCUT2D eigenvalue weighted by atomic mass is 10.2. The number of hydrogen-bond acceptors (Lipinski definition) is 4. The van der Waals surface area contributed by atoms with Crippen LogP contribution in [0.15, 0.2) is 18.2 Å². The largest absolute Gasteiger partial charge is 0.454 e. The summed E-state index contributed by atoms with van der Waals surface area (Å²) in [6.07, 6.45) is 1.15. The van der Waals surface area contributed by atoms with Crippen molar-refractivity contribution < 1.29 is 9.47 Å². The second kappa shape index (κ2) is 7.36. The topological polar surface area (TPSA) is 42.5 Å². The van der Waals surface area contributed by atoms with Crippen molar-refractivity contribution in [2.45, 2.75) is 26.8 Å². The van der Waals surface area contributed by atoms with Gasteiger partial charge in [0.2, 0.25) is 6.79 Å². The number of nitrogens with one attached hydrogen (secondary N) is 2. The fourth-order valence-electron chi connectivity index (χ4n) is 2.01. The Morgan fingerprint density at radius 1 is 1.11 bits per heavy atom. The number of fused-ring (bicyclic) bond motifs is 1. The Morgan fingerprint density at radius 3 is 2.74 bits per heavy atom. The molecule has 1 aliphatic heterocycles. The van der Waals surface area contributed by atoms with Crippen molar-refractivity contribution in [2.75, 3.05) is 26.4 Å². The summed E-state index contributed by atoms with van der Waals surface area (Å²) in [5.74, 6) is 2.43. The van der Waals surface area contributed by atoms with E-state index in [1.807, 2.05) is 12.1 Å². The van der Waals surface area contributed by atoms with Gasteiger partial charge >= 0.3 is 0 Å². The molecule has 2 N–H and O–H groups in total. The minimum atomic E-state index is 0.341. The molecule has 0 radical (unpaired) electrons. The maximum Gasteiger partial charge on any atom is 0.231 e. The summed E-state index contributed by atoms with van der Waals surface area (Å²) in [6.45, 7) is 8.87. The first kappa shape index (κ1) is 14.2. The number of rotatable bonds is 8. The second-order valence-corrected chi connectivity index (χ2v) is 5.32. The van der Waals surface area contributed by atoms with Gasteiger partial charge in [0.05, 0.1) is 0 Å². The van der Waals surface area contributed by atoms with Crippen LogP contribution >= 0.6 is 0 Å². The van der Waals surface area contributed by atoms with Crippen LogP contribution in [0.2, 0.25) is 0 Å². The van der Waals surface area contributed by atoms with E-state index >= 15 is 0 Å². The lowest BCUT2D eigenvalue weighted by Gasteiger charge is -2.08. The Kier molecular flexibility index (Phi) is 5.48. The van der Waals surface area contributed by atoms with E-state index in [9.17, 15) is 0 Å². The van der Waals surface area contributed by atoms with E-state index in [0.29, 0.717) is 6.79 Å². The van der Waals surface area contributed by atoms with Crippen LogP contribution in [0.5, 0.6) is 11.5 Å². The van der Waals surface area contributed by atoms with Crippen LogP contribution in [0.1, 0.15) is 25.8 Å². The van der Waals surface area contributed by atoms with Crippen molar-refractivity contribution in [3.8, 4) is 11.5 Å². The zero-order valence-electron chi connectivity index (χ0n) is 11.9. The minimum absolute atomic E-state index is 0.341. The maximum atomic E-state index is 5.36. The van der Waals surface area contributed by atoms with Crippen LogP contribution in [0.4, 0.5) is 0 Å². The molecule has 1 aromatic rings. The third-order valence-electron chi connectivity index (χ3n) is 3.03. The van der Waals surface area contributed by atoms with Gasteiger partial charge in [0.1, 0.15) is 0 Å². The molecule has 0 fully saturated rings. The highest BCUT2D eigenvalue weighted by molar-refractivity contribution is 5.44. The van der Waals surface area contributed by atoms with Crippen molar-refractivity contribution in [1.29, 1.82) is 0 Å². The first-order chi connectivity index (χ1) is 9.25. The Bertz CT molecular complexity index is 394. The van der Waals surface area contributed by atoms with Gasteiger partial charge in [-0.3, -0.25) is 0 Å². The first-order valence-electron chi connectivity index (χ1n) is 7.05. The van der Waals surface area contributed by atoms with Crippen molar-refractivity contribution in [3.63, 3.8) is 0 Å². The van der Waals surface area contributed by atoms with E-state index in [1.165, 1.54) is 5.56 Å². The number of hydrogen-bond donors (Lipinski definition) is 2. The second-order valence-electron chi connectivity index (χ2n) is 5.32. The van der Waals surface area contributed by atoms with Crippen LogP contribution in [-0.2, 0) is 6.54 Å². The van der Waals surface area contributed by atoms with Crippen LogP contribution in [0, 0.1) is 5.92 Å². The van der Waals surface area contributed by atoms with Gasteiger partial charge < -0.3 is 20.1 Å². The van der Waals surface area contributed by atoms with E-state index in [2.05, 4.69) is 30.5 Å². The molecule has 0 amide bonds. The summed E-state index contributed by atoms with van der Waals surface area (Å²) in [7, 11) is 0. The van der Waals surface area contributed by atoms with E-state index in [4.69, 9.17) is 9.47 Å². The Balaban J connectivity index is 1.58. The fraction of sp³-hybridized carbons (Fsp3) is 0.600. The lowest BCUT2D eigenvalue weighted by Crippen LogP contribution is -2.24. The molecule has 1 aliphatic rings. The summed E-state index contributed by atoms with van der Waals surface area (Å²) in [6, 6.07) is 6.10. The standard InChI is InChI=1S/C15H24N2O2/c1-12(2)9-16-6-3-7-17-10-13-4-5-14-15(8-13)19-11-18-14/h4-5,8,12,16-17H,3,6-7,9-11H2,1-2H3. The Morgan fingerprint density at radius 2 is 1.89 bits per heavy atom.